The Morgan fingerprint density at radius 3 is 2.61 bits per heavy atom. The summed E-state index contributed by atoms with van der Waals surface area (Å²) in [5.41, 5.74) is 5.93. The number of hydrogen-bond acceptors (Lipinski definition) is 7. The summed E-state index contributed by atoms with van der Waals surface area (Å²) in [4.78, 5) is 21.8. The molecule has 2 aromatic heterocycles. The number of amidine groups is 1. The van der Waals surface area contributed by atoms with Crippen molar-refractivity contribution in [3.05, 3.63) is 75.9 Å². The van der Waals surface area contributed by atoms with E-state index in [1.165, 1.54) is 17.4 Å². The number of carbonyl (C=O) groups is 1. The summed E-state index contributed by atoms with van der Waals surface area (Å²) in [7, 11) is 0. The maximum absolute atomic E-state index is 11.4. The van der Waals surface area contributed by atoms with Gasteiger partial charge in [0.05, 0.1) is 6.54 Å². The predicted octanol–water partition coefficient (Wildman–Crippen LogP) is 5.34. The Hall–Kier alpha value is -2.97. The van der Waals surface area contributed by atoms with Gasteiger partial charge < -0.3 is 5.32 Å². The van der Waals surface area contributed by atoms with Gasteiger partial charge >= 0.3 is 0 Å². The first-order valence-corrected chi connectivity index (χ1v) is 11.9. The number of nitrogens with zero attached hydrogens (tertiary/aromatic N) is 4. The molecule has 31 heavy (non-hydrogen) atoms. The van der Waals surface area contributed by atoms with Crippen molar-refractivity contribution in [1.29, 1.82) is 0 Å². The van der Waals surface area contributed by atoms with E-state index in [2.05, 4.69) is 24.1 Å². The number of hydrazone groups is 1. The Balaban J connectivity index is 1.82. The van der Waals surface area contributed by atoms with Gasteiger partial charge in [-0.3, -0.25) is 9.78 Å². The SMILES string of the molecule is CSC1=Nc2sc(C)c(C)c2C(c2ccc(NC(C)=O)cc2)=NN1Cc1cccnc1. The van der Waals surface area contributed by atoms with Gasteiger partial charge in [0.1, 0.15) is 10.7 Å². The molecule has 0 saturated heterocycles. The average molecular weight is 450 g/mol. The second kappa shape index (κ2) is 9.03. The first kappa shape index (κ1) is 21.3. The molecular formula is C23H23N5OS2. The maximum atomic E-state index is 11.4. The van der Waals surface area contributed by atoms with Crippen LogP contribution in [0.15, 0.2) is 58.9 Å². The summed E-state index contributed by atoms with van der Waals surface area (Å²) in [5.74, 6) is -0.0909. The molecule has 1 amide bonds. The van der Waals surface area contributed by atoms with Crippen LogP contribution in [0.25, 0.3) is 0 Å². The molecule has 3 heterocycles. The topological polar surface area (TPSA) is 70.0 Å². The van der Waals surface area contributed by atoms with Crippen molar-refractivity contribution in [3.63, 3.8) is 0 Å². The Morgan fingerprint density at radius 2 is 1.97 bits per heavy atom. The Bertz CT molecular complexity index is 1170. The van der Waals surface area contributed by atoms with Gasteiger partial charge in [-0.1, -0.05) is 30.0 Å². The van der Waals surface area contributed by atoms with E-state index in [1.807, 2.05) is 53.9 Å². The highest BCUT2D eigenvalue weighted by atomic mass is 32.2. The van der Waals surface area contributed by atoms with Gasteiger partial charge in [-0.25, -0.2) is 10.0 Å². The first-order chi connectivity index (χ1) is 15.0. The molecular weight excluding hydrogens is 426 g/mol. The summed E-state index contributed by atoms with van der Waals surface area (Å²) in [6.45, 7) is 6.32. The number of benzene rings is 1. The van der Waals surface area contributed by atoms with Crippen molar-refractivity contribution in [1.82, 2.24) is 9.99 Å². The average Bonchev–Trinajstić information content (AvgIpc) is 2.94. The number of thioether (sulfide) groups is 1. The number of pyridine rings is 1. The summed E-state index contributed by atoms with van der Waals surface area (Å²) in [5, 5.41) is 11.7. The Morgan fingerprint density at radius 1 is 1.19 bits per heavy atom. The largest absolute Gasteiger partial charge is 0.326 e. The number of carbonyl (C=O) groups excluding carboxylic acids is 1. The third-order valence-electron chi connectivity index (χ3n) is 4.96. The number of hydrogen-bond donors (Lipinski definition) is 1. The molecule has 0 bridgehead atoms. The van der Waals surface area contributed by atoms with Gasteiger partial charge in [-0.05, 0) is 49.4 Å². The summed E-state index contributed by atoms with van der Waals surface area (Å²) < 4.78 is 0. The van der Waals surface area contributed by atoms with Crippen LogP contribution in [0, 0.1) is 13.8 Å². The molecule has 1 aliphatic rings. The molecule has 0 unspecified atom stereocenters. The second-order valence-corrected chi connectivity index (χ2v) is 9.16. The van der Waals surface area contributed by atoms with Crippen LogP contribution in [0.1, 0.15) is 34.1 Å². The minimum atomic E-state index is -0.0909. The molecule has 158 valence electrons. The number of thiophene rings is 1. The van der Waals surface area contributed by atoms with E-state index < -0.39 is 0 Å². The van der Waals surface area contributed by atoms with Crippen LogP contribution in [0.2, 0.25) is 0 Å². The third kappa shape index (κ3) is 4.55. The van der Waals surface area contributed by atoms with E-state index in [9.17, 15) is 4.79 Å². The molecule has 4 rings (SSSR count). The van der Waals surface area contributed by atoms with Gasteiger partial charge in [-0.15, -0.1) is 11.3 Å². The van der Waals surface area contributed by atoms with Crippen LogP contribution >= 0.6 is 23.1 Å². The molecule has 0 atom stereocenters. The Kier molecular flexibility index (Phi) is 6.20. The van der Waals surface area contributed by atoms with Crippen molar-refractivity contribution >= 4 is 50.6 Å². The highest BCUT2D eigenvalue weighted by Crippen LogP contribution is 2.39. The zero-order chi connectivity index (χ0) is 22.0. The van der Waals surface area contributed by atoms with Gasteiger partial charge in [0, 0.05) is 41.0 Å². The van der Waals surface area contributed by atoms with Gasteiger partial charge in [-0.2, -0.15) is 5.10 Å². The lowest BCUT2D eigenvalue weighted by Crippen LogP contribution is -2.24. The quantitative estimate of drug-likeness (QED) is 0.584. The fourth-order valence-electron chi connectivity index (χ4n) is 3.36. The van der Waals surface area contributed by atoms with Crippen LogP contribution in [-0.2, 0) is 11.3 Å². The van der Waals surface area contributed by atoms with Crippen molar-refractivity contribution < 1.29 is 4.79 Å². The number of fused-ring (bicyclic) bond motifs is 1. The normalized spacial score (nSPS) is 13.2. The fraction of sp³-hybridized carbons (Fsp3) is 0.217. The van der Waals surface area contributed by atoms with Crippen LogP contribution in [0.4, 0.5) is 10.7 Å². The minimum Gasteiger partial charge on any atom is -0.326 e. The molecule has 0 radical (unpaired) electrons. The van der Waals surface area contributed by atoms with Crippen LogP contribution in [-0.4, -0.2) is 33.0 Å². The standard InChI is InChI=1S/C23H23N5OS2/c1-14-15(2)31-22-20(14)21(18-7-9-19(10-8-18)25-16(3)29)27-28(23(26-22)30-4)13-17-6-5-11-24-12-17/h5-12H,13H2,1-4H3,(H,25,29). The lowest BCUT2D eigenvalue weighted by molar-refractivity contribution is -0.114. The van der Waals surface area contributed by atoms with E-state index in [0.717, 1.165) is 38.3 Å². The van der Waals surface area contributed by atoms with Gasteiger partial charge in [0.25, 0.3) is 0 Å². The maximum Gasteiger partial charge on any atom is 0.221 e. The number of aliphatic imine (C=N–C) groups is 1. The fourth-order valence-corrected chi connectivity index (χ4v) is 4.95. The highest BCUT2D eigenvalue weighted by Gasteiger charge is 2.25. The molecule has 0 spiro atoms. The molecule has 1 aromatic carbocycles. The molecule has 0 saturated carbocycles. The summed E-state index contributed by atoms with van der Waals surface area (Å²) >= 11 is 3.27. The van der Waals surface area contributed by atoms with E-state index in [4.69, 9.17) is 10.1 Å². The molecule has 1 aliphatic heterocycles. The van der Waals surface area contributed by atoms with E-state index in [0.29, 0.717) is 6.54 Å². The number of amides is 1. The van der Waals surface area contributed by atoms with Crippen LogP contribution in [0.5, 0.6) is 0 Å². The lowest BCUT2D eigenvalue weighted by Gasteiger charge is -2.20. The van der Waals surface area contributed by atoms with Gasteiger partial charge in [0.2, 0.25) is 5.91 Å². The van der Waals surface area contributed by atoms with E-state index in [-0.39, 0.29) is 5.91 Å². The van der Waals surface area contributed by atoms with Crippen molar-refractivity contribution in [2.45, 2.75) is 27.3 Å². The molecule has 0 aliphatic carbocycles. The Labute approximate surface area is 190 Å². The summed E-state index contributed by atoms with van der Waals surface area (Å²) in [6, 6.07) is 11.8. The number of rotatable bonds is 4. The second-order valence-electron chi connectivity index (χ2n) is 7.19. The number of anilines is 1. The number of aryl methyl sites for hydroxylation is 1. The molecule has 3 aromatic rings. The number of nitrogens with one attached hydrogen (secondary N) is 1. The number of aromatic nitrogens is 1. The van der Waals surface area contributed by atoms with Gasteiger partial charge in [0.15, 0.2) is 5.17 Å². The zero-order valence-electron chi connectivity index (χ0n) is 17.8. The smallest absolute Gasteiger partial charge is 0.221 e. The molecule has 0 fully saturated rings. The minimum absolute atomic E-state index is 0.0909. The summed E-state index contributed by atoms with van der Waals surface area (Å²) in [6.07, 6.45) is 5.64. The third-order valence-corrected chi connectivity index (χ3v) is 6.73. The van der Waals surface area contributed by atoms with E-state index in [1.54, 1.807) is 29.3 Å². The molecule has 8 heteroatoms. The monoisotopic (exact) mass is 449 g/mol. The lowest BCUT2D eigenvalue weighted by atomic mass is 10.00. The molecule has 1 N–H and O–H groups in total. The van der Waals surface area contributed by atoms with Crippen LogP contribution in [0.3, 0.4) is 0 Å². The van der Waals surface area contributed by atoms with Crippen molar-refractivity contribution in [2.24, 2.45) is 10.1 Å². The first-order valence-electron chi connectivity index (χ1n) is 9.82. The van der Waals surface area contributed by atoms with Crippen LogP contribution < -0.4 is 5.32 Å². The highest BCUT2D eigenvalue weighted by molar-refractivity contribution is 8.13. The van der Waals surface area contributed by atoms with Crippen molar-refractivity contribution in [2.75, 3.05) is 11.6 Å². The zero-order valence-corrected chi connectivity index (χ0v) is 19.5. The van der Waals surface area contributed by atoms with E-state index >= 15 is 0 Å². The van der Waals surface area contributed by atoms with Crippen molar-refractivity contribution in [3.8, 4) is 0 Å². The predicted molar refractivity (Wildman–Crippen MR) is 131 cm³/mol. The molecule has 6 nitrogen and oxygen atoms in total.